The molecule has 3 aromatic rings. The van der Waals surface area contributed by atoms with Crippen LogP contribution in [-0.2, 0) is 13.1 Å². The number of hydrogen-bond acceptors (Lipinski definition) is 5. The van der Waals surface area contributed by atoms with Gasteiger partial charge in [0, 0.05) is 36.9 Å². The quantitative estimate of drug-likeness (QED) is 0.568. The van der Waals surface area contributed by atoms with Gasteiger partial charge in [-0.3, -0.25) is 4.98 Å². The average molecular weight is 439 g/mol. The van der Waals surface area contributed by atoms with E-state index in [0.29, 0.717) is 23.8 Å². The lowest BCUT2D eigenvalue weighted by Crippen LogP contribution is -2.43. The minimum Gasteiger partial charge on any atom is -0.490 e. The van der Waals surface area contributed by atoms with Crippen molar-refractivity contribution in [1.82, 2.24) is 15.2 Å². The van der Waals surface area contributed by atoms with Gasteiger partial charge in [0.25, 0.3) is 0 Å². The number of rotatable bonds is 7. The monoisotopic (exact) mass is 438 g/mol. The molecule has 5 nitrogen and oxygen atoms in total. The van der Waals surface area contributed by atoms with Crippen LogP contribution in [0.4, 0.5) is 0 Å². The zero-order valence-corrected chi connectivity index (χ0v) is 19.1. The van der Waals surface area contributed by atoms with Gasteiger partial charge in [0.05, 0.1) is 17.3 Å². The molecule has 3 heterocycles. The lowest BCUT2D eigenvalue weighted by molar-refractivity contribution is 0.0661. The SMILES string of the molecule is CN1[C@H]2CC[C@H]1CC(Oc1cccc(CNCc3ccc(-c4ccc(C#N)cc4)nc3)c1)C2. The molecule has 2 atom stereocenters. The predicted molar refractivity (Wildman–Crippen MR) is 130 cm³/mol. The number of aromatic nitrogens is 1. The minimum absolute atomic E-state index is 0.336. The summed E-state index contributed by atoms with van der Waals surface area (Å²) in [4.78, 5) is 7.13. The Kier molecular flexibility index (Phi) is 6.39. The summed E-state index contributed by atoms with van der Waals surface area (Å²) in [6, 6.07) is 23.6. The minimum atomic E-state index is 0.336. The zero-order valence-electron chi connectivity index (χ0n) is 19.1. The van der Waals surface area contributed by atoms with Crippen molar-refractivity contribution in [2.75, 3.05) is 7.05 Å². The highest BCUT2D eigenvalue weighted by Gasteiger charge is 2.39. The summed E-state index contributed by atoms with van der Waals surface area (Å²) in [5, 5.41) is 12.5. The van der Waals surface area contributed by atoms with Crippen molar-refractivity contribution < 1.29 is 4.74 Å². The maximum Gasteiger partial charge on any atom is 0.120 e. The van der Waals surface area contributed by atoms with Gasteiger partial charge in [-0.15, -0.1) is 0 Å². The Morgan fingerprint density at radius 3 is 2.45 bits per heavy atom. The smallest absolute Gasteiger partial charge is 0.120 e. The molecule has 1 aromatic heterocycles. The Morgan fingerprint density at radius 1 is 1.00 bits per heavy atom. The molecular weight excluding hydrogens is 408 g/mol. The van der Waals surface area contributed by atoms with Crippen molar-refractivity contribution in [2.24, 2.45) is 0 Å². The van der Waals surface area contributed by atoms with Crippen molar-refractivity contribution in [2.45, 2.75) is 57.0 Å². The van der Waals surface area contributed by atoms with E-state index in [2.05, 4.69) is 58.6 Å². The van der Waals surface area contributed by atoms with Crippen LogP contribution in [0.15, 0.2) is 66.9 Å². The van der Waals surface area contributed by atoms with Gasteiger partial charge in [-0.05, 0) is 74.2 Å². The molecule has 0 amide bonds. The van der Waals surface area contributed by atoms with E-state index in [1.54, 1.807) is 0 Å². The second-order valence-corrected chi connectivity index (χ2v) is 9.25. The third-order valence-electron chi connectivity index (χ3n) is 7.05. The summed E-state index contributed by atoms with van der Waals surface area (Å²) < 4.78 is 6.38. The van der Waals surface area contributed by atoms with E-state index < -0.39 is 0 Å². The lowest BCUT2D eigenvalue weighted by Gasteiger charge is -2.36. The second kappa shape index (κ2) is 9.74. The molecule has 5 rings (SSSR count). The van der Waals surface area contributed by atoms with Crippen molar-refractivity contribution in [1.29, 1.82) is 5.26 Å². The third kappa shape index (κ3) is 5.08. The van der Waals surface area contributed by atoms with Crippen LogP contribution in [0.25, 0.3) is 11.3 Å². The summed E-state index contributed by atoms with van der Waals surface area (Å²) in [6.45, 7) is 1.54. The van der Waals surface area contributed by atoms with E-state index in [1.165, 1.54) is 18.4 Å². The first-order chi connectivity index (χ1) is 16.2. The molecule has 1 N–H and O–H groups in total. The molecule has 2 bridgehead atoms. The van der Waals surface area contributed by atoms with E-state index in [-0.39, 0.29) is 0 Å². The molecule has 0 spiro atoms. The molecule has 0 aliphatic carbocycles. The Hall–Kier alpha value is -3.20. The fourth-order valence-corrected chi connectivity index (χ4v) is 5.15. The average Bonchev–Trinajstić information content (AvgIpc) is 3.05. The molecule has 5 heteroatoms. The highest BCUT2D eigenvalue weighted by Crippen LogP contribution is 2.36. The number of ether oxygens (including phenoxy) is 1. The molecular formula is C28H30N4O. The van der Waals surface area contributed by atoms with Gasteiger partial charge in [0.2, 0.25) is 0 Å². The molecule has 2 aliphatic heterocycles. The number of nitrogens with zero attached hydrogens (tertiary/aromatic N) is 3. The van der Waals surface area contributed by atoms with Gasteiger partial charge >= 0.3 is 0 Å². The highest BCUT2D eigenvalue weighted by atomic mass is 16.5. The number of hydrogen-bond donors (Lipinski definition) is 1. The van der Waals surface area contributed by atoms with Crippen LogP contribution < -0.4 is 10.1 Å². The van der Waals surface area contributed by atoms with E-state index in [0.717, 1.165) is 48.5 Å². The topological polar surface area (TPSA) is 61.2 Å². The maximum absolute atomic E-state index is 8.94. The standard InChI is InChI=1S/C28H30N4O/c1-32-24-10-11-25(32)15-27(14-24)33-26-4-2-3-21(13-26)17-30-18-22-7-12-28(31-19-22)23-8-5-20(16-29)6-9-23/h2-9,12-13,19,24-25,27,30H,10-11,14-15,17-18H2,1H3/t24-,25-/m0/s1. The first-order valence-corrected chi connectivity index (χ1v) is 11.8. The number of fused-ring (bicyclic) bond motifs is 2. The summed E-state index contributed by atoms with van der Waals surface area (Å²) >= 11 is 0. The number of piperidine rings is 1. The van der Waals surface area contributed by atoms with E-state index in [1.807, 2.05) is 36.5 Å². The van der Waals surface area contributed by atoms with Gasteiger partial charge in [0.15, 0.2) is 0 Å². The predicted octanol–water partition coefficient (Wildman–Crippen LogP) is 4.91. The molecule has 2 aromatic carbocycles. The number of pyridine rings is 1. The molecule has 0 radical (unpaired) electrons. The number of benzene rings is 2. The Morgan fingerprint density at radius 2 is 1.76 bits per heavy atom. The first kappa shape index (κ1) is 21.6. The van der Waals surface area contributed by atoms with Crippen molar-refractivity contribution in [3.8, 4) is 23.1 Å². The van der Waals surface area contributed by atoms with Gasteiger partial charge in [0.1, 0.15) is 11.9 Å². The van der Waals surface area contributed by atoms with Crippen molar-refractivity contribution in [3.05, 3.63) is 83.6 Å². The van der Waals surface area contributed by atoms with Gasteiger partial charge in [-0.1, -0.05) is 30.3 Å². The maximum atomic E-state index is 8.94. The third-order valence-corrected chi connectivity index (χ3v) is 7.05. The largest absolute Gasteiger partial charge is 0.490 e. The summed E-state index contributed by atoms with van der Waals surface area (Å²) in [6.07, 6.45) is 7.15. The molecule has 2 fully saturated rings. The fourth-order valence-electron chi connectivity index (χ4n) is 5.15. The summed E-state index contributed by atoms with van der Waals surface area (Å²) in [5.74, 6) is 0.983. The number of nitrogens with one attached hydrogen (secondary N) is 1. The molecule has 2 saturated heterocycles. The van der Waals surface area contributed by atoms with Gasteiger partial charge in [-0.25, -0.2) is 0 Å². The Labute approximate surface area is 196 Å². The fraction of sp³-hybridized carbons (Fsp3) is 0.357. The van der Waals surface area contributed by atoms with Crippen molar-refractivity contribution >= 4 is 0 Å². The summed E-state index contributed by atoms with van der Waals surface area (Å²) in [7, 11) is 2.26. The normalized spacial score (nSPS) is 22.1. The first-order valence-electron chi connectivity index (χ1n) is 11.8. The van der Waals surface area contributed by atoms with Crippen LogP contribution in [0.3, 0.4) is 0 Å². The van der Waals surface area contributed by atoms with Crippen LogP contribution >= 0.6 is 0 Å². The van der Waals surface area contributed by atoms with E-state index in [9.17, 15) is 0 Å². The van der Waals surface area contributed by atoms with Crippen LogP contribution in [0.1, 0.15) is 42.4 Å². The van der Waals surface area contributed by atoms with E-state index >= 15 is 0 Å². The van der Waals surface area contributed by atoms with Crippen molar-refractivity contribution in [3.63, 3.8) is 0 Å². The van der Waals surface area contributed by atoms with Crippen LogP contribution in [-0.4, -0.2) is 35.1 Å². The van der Waals surface area contributed by atoms with E-state index in [4.69, 9.17) is 10.00 Å². The summed E-state index contributed by atoms with van der Waals surface area (Å²) in [5.41, 5.74) is 4.96. The highest BCUT2D eigenvalue weighted by molar-refractivity contribution is 5.60. The molecule has 168 valence electrons. The van der Waals surface area contributed by atoms with Crippen LogP contribution in [0, 0.1) is 11.3 Å². The zero-order chi connectivity index (χ0) is 22.6. The lowest BCUT2D eigenvalue weighted by atomic mass is 10.0. The Bertz CT molecular complexity index is 1110. The van der Waals surface area contributed by atoms with Crippen LogP contribution in [0.5, 0.6) is 5.75 Å². The molecule has 33 heavy (non-hydrogen) atoms. The molecule has 0 saturated carbocycles. The number of nitriles is 1. The molecule has 2 aliphatic rings. The van der Waals surface area contributed by atoms with Crippen LogP contribution in [0.2, 0.25) is 0 Å². The van der Waals surface area contributed by atoms with Gasteiger partial charge < -0.3 is 15.0 Å². The van der Waals surface area contributed by atoms with Gasteiger partial charge in [-0.2, -0.15) is 5.26 Å². The Balaban J connectivity index is 1.12. The molecule has 0 unspecified atom stereocenters. The second-order valence-electron chi connectivity index (χ2n) is 9.25.